The van der Waals surface area contributed by atoms with Crippen molar-refractivity contribution in [3.63, 3.8) is 0 Å². The van der Waals surface area contributed by atoms with Gasteiger partial charge < -0.3 is 10.6 Å². The van der Waals surface area contributed by atoms with E-state index in [4.69, 9.17) is 0 Å². The molecule has 0 aromatic heterocycles. The van der Waals surface area contributed by atoms with Crippen molar-refractivity contribution in [2.24, 2.45) is 0 Å². The van der Waals surface area contributed by atoms with Crippen LogP contribution in [0.15, 0.2) is 0 Å². The molecule has 0 rings (SSSR count). The summed E-state index contributed by atoms with van der Waals surface area (Å²) >= 11 is 4.67. The zero-order valence-corrected chi connectivity index (χ0v) is 7.64. The van der Waals surface area contributed by atoms with Gasteiger partial charge in [0.15, 0.2) is 0 Å². The molecule has 0 bridgehead atoms. The molecule has 72 valence electrons. The molecule has 0 amide bonds. The Hall–Kier alpha value is -0.360. The van der Waals surface area contributed by atoms with E-state index >= 15 is 0 Å². The summed E-state index contributed by atoms with van der Waals surface area (Å²) in [6.07, 6.45) is -4.21. The highest BCUT2D eigenvalue weighted by molar-refractivity contribution is 7.80. The summed E-state index contributed by atoms with van der Waals surface area (Å²) in [5.41, 5.74) is 0. The van der Waals surface area contributed by atoms with Crippen LogP contribution in [0.25, 0.3) is 0 Å². The summed E-state index contributed by atoms with van der Waals surface area (Å²) in [6, 6.07) is -0.234. The molecule has 0 saturated heterocycles. The maximum Gasteiger partial charge on any atom is 0.405 e. The standard InChI is InChI=1S/C6H11F3N2S/c1-4(10-2)5(12)11-3-6(7,8)9/h4,10H,3H2,1-2H3,(H,11,12). The third kappa shape index (κ3) is 5.31. The van der Waals surface area contributed by atoms with Gasteiger partial charge in [0.05, 0.1) is 11.0 Å². The first-order chi connectivity index (χ1) is 5.37. The molecule has 0 radical (unpaired) electrons. The first-order valence-electron chi connectivity index (χ1n) is 3.38. The lowest BCUT2D eigenvalue weighted by molar-refractivity contribution is -0.121. The Morgan fingerprint density at radius 1 is 1.50 bits per heavy atom. The topological polar surface area (TPSA) is 24.1 Å². The fourth-order valence-corrected chi connectivity index (χ4v) is 0.662. The quantitative estimate of drug-likeness (QED) is 0.666. The molecular formula is C6H11F3N2S. The van der Waals surface area contributed by atoms with Crippen LogP contribution in [-0.2, 0) is 0 Å². The van der Waals surface area contributed by atoms with Crippen LogP contribution >= 0.6 is 12.2 Å². The molecule has 0 saturated carbocycles. The number of rotatable bonds is 3. The van der Waals surface area contributed by atoms with Crippen molar-refractivity contribution in [1.82, 2.24) is 10.6 Å². The predicted molar refractivity (Wildman–Crippen MR) is 45.2 cm³/mol. The molecule has 0 aliphatic heterocycles. The van der Waals surface area contributed by atoms with Crippen LogP contribution in [0, 0.1) is 0 Å². The number of hydrogen-bond acceptors (Lipinski definition) is 2. The molecule has 6 heteroatoms. The van der Waals surface area contributed by atoms with Crippen molar-refractivity contribution in [3.05, 3.63) is 0 Å². The maximum absolute atomic E-state index is 11.6. The second-order valence-corrected chi connectivity index (χ2v) is 2.78. The lowest BCUT2D eigenvalue weighted by Gasteiger charge is -2.15. The lowest BCUT2D eigenvalue weighted by Crippen LogP contribution is -2.42. The minimum absolute atomic E-state index is 0.176. The number of alkyl halides is 3. The van der Waals surface area contributed by atoms with E-state index in [9.17, 15) is 13.2 Å². The first-order valence-corrected chi connectivity index (χ1v) is 3.79. The molecule has 2 N–H and O–H groups in total. The average molecular weight is 200 g/mol. The molecular weight excluding hydrogens is 189 g/mol. The minimum atomic E-state index is -4.21. The van der Waals surface area contributed by atoms with Crippen LogP contribution in [-0.4, -0.2) is 30.8 Å². The van der Waals surface area contributed by atoms with Gasteiger partial charge in [0.2, 0.25) is 0 Å². The molecule has 12 heavy (non-hydrogen) atoms. The maximum atomic E-state index is 11.6. The second-order valence-electron chi connectivity index (χ2n) is 2.34. The summed E-state index contributed by atoms with van der Waals surface area (Å²) in [6.45, 7) is 0.615. The van der Waals surface area contributed by atoms with Gasteiger partial charge in [-0.15, -0.1) is 0 Å². The largest absolute Gasteiger partial charge is 0.405 e. The summed E-state index contributed by atoms with van der Waals surface area (Å²) in [4.78, 5) is 0.176. The van der Waals surface area contributed by atoms with Crippen LogP contribution < -0.4 is 10.6 Å². The average Bonchev–Trinajstić information content (AvgIpc) is 1.97. The van der Waals surface area contributed by atoms with Crippen molar-refractivity contribution in [2.45, 2.75) is 19.1 Å². The highest BCUT2D eigenvalue weighted by Crippen LogP contribution is 2.12. The summed E-state index contributed by atoms with van der Waals surface area (Å²) in [5, 5.41) is 4.85. The van der Waals surface area contributed by atoms with E-state index < -0.39 is 12.7 Å². The van der Waals surface area contributed by atoms with E-state index in [1.165, 1.54) is 0 Å². The van der Waals surface area contributed by atoms with E-state index in [-0.39, 0.29) is 11.0 Å². The van der Waals surface area contributed by atoms with E-state index in [0.717, 1.165) is 0 Å². The summed E-state index contributed by atoms with van der Waals surface area (Å²) in [5.74, 6) is 0. The number of thiocarbonyl (C=S) groups is 1. The number of halogens is 3. The normalized spacial score (nSPS) is 14.1. The molecule has 2 nitrogen and oxygen atoms in total. The van der Waals surface area contributed by atoms with Crippen molar-refractivity contribution in [2.75, 3.05) is 13.6 Å². The molecule has 0 aliphatic carbocycles. The molecule has 1 unspecified atom stereocenters. The van der Waals surface area contributed by atoms with Gasteiger partial charge in [-0.1, -0.05) is 12.2 Å². The van der Waals surface area contributed by atoms with Crippen LogP contribution in [0.3, 0.4) is 0 Å². The second kappa shape index (κ2) is 4.61. The summed E-state index contributed by atoms with van der Waals surface area (Å²) in [7, 11) is 1.63. The highest BCUT2D eigenvalue weighted by atomic mass is 32.1. The fraction of sp³-hybridized carbons (Fsp3) is 0.833. The lowest BCUT2D eigenvalue weighted by atomic mass is 10.3. The van der Waals surface area contributed by atoms with Gasteiger partial charge in [-0.25, -0.2) is 0 Å². The van der Waals surface area contributed by atoms with Gasteiger partial charge in [0.1, 0.15) is 6.54 Å². The van der Waals surface area contributed by atoms with Crippen LogP contribution in [0.5, 0.6) is 0 Å². The Morgan fingerprint density at radius 2 is 2.00 bits per heavy atom. The molecule has 1 atom stereocenters. The van der Waals surface area contributed by atoms with Crippen molar-refractivity contribution >= 4 is 17.2 Å². The van der Waals surface area contributed by atoms with Crippen molar-refractivity contribution < 1.29 is 13.2 Å². The Balaban J connectivity index is 3.72. The molecule has 0 spiro atoms. The van der Waals surface area contributed by atoms with E-state index in [1.807, 2.05) is 0 Å². The van der Waals surface area contributed by atoms with Gasteiger partial charge in [-0.05, 0) is 14.0 Å². The Kier molecular flexibility index (Phi) is 4.47. The zero-order valence-electron chi connectivity index (χ0n) is 6.83. The third-order valence-electron chi connectivity index (χ3n) is 1.29. The molecule has 0 fully saturated rings. The first kappa shape index (κ1) is 11.6. The van der Waals surface area contributed by atoms with Gasteiger partial charge in [0, 0.05) is 0 Å². The fourth-order valence-electron chi connectivity index (χ4n) is 0.472. The molecule has 0 aromatic rings. The van der Waals surface area contributed by atoms with E-state index in [0.29, 0.717) is 0 Å². The zero-order chi connectivity index (χ0) is 9.78. The van der Waals surface area contributed by atoms with Crippen LogP contribution in [0.2, 0.25) is 0 Å². The van der Waals surface area contributed by atoms with Gasteiger partial charge in [-0.2, -0.15) is 13.2 Å². The van der Waals surface area contributed by atoms with Gasteiger partial charge >= 0.3 is 6.18 Å². The minimum Gasteiger partial charge on any atom is -0.370 e. The Labute approximate surface area is 74.5 Å². The highest BCUT2D eigenvalue weighted by Gasteiger charge is 2.27. The molecule has 0 aliphatic rings. The SMILES string of the molecule is CNC(C)C(=S)NCC(F)(F)F. The predicted octanol–water partition coefficient (Wildman–Crippen LogP) is 1.07. The van der Waals surface area contributed by atoms with Crippen molar-refractivity contribution in [1.29, 1.82) is 0 Å². The van der Waals surface area contributed by atoms with Crippen LogP contribution in [0.4, 0.5) is 13.2 Å². The Bertz CT molecular complexity index is 157. The van der Waals surface area contributed by atoms with E-state index in [2.05, 4.69) is 22.9 Å². The van der Waals surface area contributed by atoms with Gasteiger partial charge in [0.25, 0.3) is 0 Å². The molecule has 0 heterocycles. The molecule has 0 aromatic carbocycles. The number of nitrogens with one attached hydrogen (secondary N) is 2. The number of likely N-dealkylation sites (N-methyl/N-ethyl adjacent to an activating group) is 1. The monoisotopic (exact) mass is 200 g/mol. The summed E-state index contributed by atoms with van der Waals surface area (Å²) < 4.78 is 34.9. The van der Waals surface area contributed by atoms with Crippen molar-refractivity contribution in [3.8, 4) is 0 Å². The van der Waals surface area contributed by atoms with Crippen LogP contribution in [0.1, 0.15) is 6.92 Å². The third-order valence-corrected chi connectivity index (χ3v) is 1.79. The smallest absolute Gasteiger partial charge is 0.370 e. The van der Waals surface area contributed by atoms with Gasteiger partial charge in [-0.3, -0.25) is 0 Å². The van der Waals surface area contributed by atoms with E-state index in [1.54, 1.807) is 14.0 Å². The Morgan fingerprint density at radius 3 is 2.33 bits per heavy atom. The number of hydrogen-bond donors (Lipinski definition) is 2.